The Kier molecular flexibility index (Phi) is 15.7. The van der Waals surface area contributed by atoms with Gasteiger partial charge in [0.05, 0.1) is 0 Å². The van der Waals surface area contributed by atoms with Crippen LogP contribution in [0.5, 0.6) is 0 Å². The summed E-state index contributed by atoms with van der Waals surface area (Å²) in [5, 5.41) is 68.2. The van der Waals surface area contributed by atoms with Crippen LogP contribution < -0.4 is 0 Å². The SMILES string of the molecule is O=C(O)CCCCCCCCC(=O)O.O=C(O)[C@@H](O)[C@@H](O)[C@H](O)[C@@H](O)C(=O)O. The molecule has 0 aliphatic rings. The second kappa shape index (κ2) is 15.7. The van der Waals surface area contributed by atoms with Gasteiger partial charge in [0.2, 0.25) is 0 Å². The molecular formula is C16H28O12. The van der Waals surface area contributed by atoms with Crippen molar-refractivity contribution in [3.05, 3.63) is 0 Å². The van der Waals surface area contributed by atoms with Crippen LogP contribution in [0.4, 0.5) is 0 Å². The minimum absolute atomic E-state index is 0.245. The molecule has 0 spiro atoms. The van der Waals surface area contributed by atoms with E-state index >= 15 is 0 Å². The first kappa shape index (κ1) is 27.9. The summed E-state index contributed by atoms with van der Waals surface area (Å²) in [4.78, 5) is 40.5. The van der Waals surface area contributed by atoms with Gasteiger partial charge in [0.15, 0.2) is 12.2 Å². The average Bonchev–Trinajstić information content (AvgIpc) is 2.61. The Morgan fingerprint density at radius 3 is 0.964 bits per heavy atom. The van der Waals surface area contributed by atoms with Crippen LogP contribution in [0.3, 0.4) is 0 Å². The predicted octanol–water partition coefficient (Wildman–Crippen LogP) is -1.12. The van der Waals surface area contributed by atoms with Crippen LogP contribution in [0.25, 0.3) is 0 Å². The first-order valence-corrected chi connectivity index (χ1v) is 8.53. The Morgan fingerprint density at radius 1 is 0.500 bits per heavy atom. The molecule has 0 aliphatic carbocycles. The topological polar surface area (TPSA) is 230 Å². The highest BCUT2D eigenvalue weighted by Crippen LogP contribution is 2.08. The Bertz CT molecular complexity index is 448. The maximum absolute atomic E-state index is 10.1. The molecule has 0 aromatic heterocycles. The highest BCUT2D eigenvalue weighted by Gasteiger charge is 2.37. The molecule has 0 bridgehead atoms. The second-order valence-electron chi connectivity index (χ2n) is 5.96. The molecule has 164 valence electrons. The standard InChI is InChI=1S/C10H18O4.C6H10O8/c11-9(12)7-5-3-1-2-4-6-8-10(13)14;7-1(3(9)5(11)12)2(8)4(10)6(13)14/h1-8H2,(H,11,12)(H,13,14);1-4,7-10H,(H,11,12)(H,13,14)/t;1-,2-,3-,4+/m.0/s1. The number of hydrogen-bond acceptors (Lipinski definition) is 8. The number of aliphatic hydroxyl groups excluding tert-OH is 4. The van der Waals surface area contributed by atoms with E-state index in [1.165, 1.54) is 0 Å². The van der Waals surface area contributed by atoms with E-state index < -0.39 is 48.3 Å². The van der Waals surface area contributed by atoms with Crippen LogP contribution in [0.2, 0.25) is 0 Å². The van der Waals surface area contributed by atoms with Crippen LogP contribution >= 0.6 is 0 Å². The van der Waals surface area contributed by atoms with E-state index in [2.05, 4.69) is 0 Å². The largest absolute Gasteiger partial charge is 0.481 e. The lowest BCUT2D eigenvalue weighted by Crippen LogP contribution is -2.49. The molecule has 0 heterocycles. The first-order chi connectivity index (χ1) is 12.9. The summed E-state index contributed by atoms with van der Waals surface area (Å²) >= 11 is 0. The van der Waals surface area contributed by atoms with Gasteiger partial charge in [-0.2, -0.15) is 0 Å². The lowest BCUT2D eigenvalue weighted by atomic mass is 10.0. The zero-order valence-electron chi connectivity index (χ0n) is 15.2. The number of carboxylic acid groups (broad SMARTS) is 4. The fraction of sp³-hybridized carbons (Fsp3) is 0.750. The highest BCUT2D eigenvalue weighted by atomic mass is 16.4. The lowest BCUT2D eigenvalue weighted by molar-refractivity contribution is -0.172. The molecule has 0 aromatic carbocycles. The van der Waals surface area contributed by atoms with Crippen molar-refractivity contribution in [3.63, 3.8) is 0 Å². The van der Waals surface area contributed by atoms with Gasteiger partial charge in [0.1, 0.15) is 12.2 Å². The van der Waals surface area contributed by atoms with Crippen LogP contribution in [-0.2, 0) is 19.2 Å². The molecule has 8 N–H and O–H groups in total. The number of carboxylic acids is 4. The van der Waals surface area contributed by atoms with Gasteiger partial charge in [0, 0.05) is 12.8 Å². The summed E-state index contributed by atoms with van der Waals surface area (Å²) in [6.45, 7) is 0. The van der Waals surface area contributed by atoms with Gasteiger partial charge in [0.25, 0.3) is 0 Å². The number of aliphatic carboxylic acids is 4. The fourth-order valence-corrected chi connectivity index (χ4v) is 1.93. The van der Waals surface area contributed by atoms with Gasteiger partial charge >= 0.3 is 23.9 Å². The molecule has 0 saturated heterocycles. The van der Waals surface area contributed by atoms with Gasteiger partial charge in [-0.3, -0.25) is 9.59 Å². The number of unbranched alkanes of at least 4 members (excludes halogenated alkanes) is 5. The number of hydrogen-bond donors (Lipinski definition) is 8. The fourth-order valence-electron chi connectivity index (χ4n) is 1.93. The lowest BCUT2D eigenvalue weighted by Gasteiger charge is -2.21. The van der Waals surface area contributed by atoms with E-state index in [9.17, 15) is 19.2 Å². The molecule has 28 heavy (non-hydrogen) atoms. The molecule has 0 saturated carbocycles. The third-order valence-electron chi connectivity index (χ3n) is 3.53. The number of rotatable bonds is 14. The van der Waals surface area contributed by atoms with E-state index in [0.717, 1.165) is 38.5 Å². The molecule has 0 aromatic rings. The smallest absolute Gasteiger partial charge is 0.335 e. The van der Waals surface area contributed by atoms with Crippen LogP contribution in [0.15, 0.2) is 0 Å². The second-order valence-corrected chi connectivity index (χ2v) is 5.96. The van der Waals surface area contributed by atoms with Crippen molar-refractivity contribution >= 4 is 23.9 Å². The Hall–Kier alpha value is -2.28. The molecule has 12 heteroatoms. The van der Waals surface area contributed by atoms with Crippen molar-refractivity contribution in [1.29, 1.82) is 0 Å². The summed E-state index contributed by atoms with van der Waals surface area (Å²) in [6.07, 6.45) is -3.46. The zero-order valence-corrected chi connectivity index (χ0v) is 15.2. The van der Waals surface area contributed by atoms with Gasteiger partial charge in [-0.25, -0.2) is 9.59 Å². The van der Waals surface area contributed by atoms with Crippen molar-refractivity contribution in [3.8, 4) is 0 Å². The van der Waals surface area contributed by atoms with Gasteiger partial charge in [-0.15, -0.1) is 0 Å². The van der Waals surface area contributed by atoms with Crippen LogP contribution in [0, 0.1) is 0 Å². The van der Waals surface area contributed by atoms with E-state index in [0.29, 0.717) is 0 Å². The molecule has 12 nitrogen and oxygen atoms in total. The third-order valence-corrected chi connectivity index (χ3v) is 3.53. The Morgan fingerprint density at radius 2 is 0.750 bits per heavy atom. The molecule has 0 radical (unpaired) electrons. The summed E-state index contributed by atoms with van der Waals surface area (Å²) in [6, 6.07) is 0. The molecule has 0 aliphatic heterocycles. The predicted molar refractivity (Wildman–Crippen MR) is 91.5 cm³/mol. The minimum atomic E-state index is -2.36. The molecule has 0 fully saturated rings. The van der Waals surface area contributed by atoms with Crippen molar-refractivity contribution in [2.24, 2.45) is 0 Å². The number of aliphatic hydroxyl groups is 4. The van der Waals surface area contributed by atoms with Crippen molar-refractivity contribution in [1.82, 2.24) is 0 Å². The summed E-state index contributed by atoms with van der Waals surface area (Å²) in [7, 11) is 0. The van der Waals surface area contributed by atoms with Crippen molar-refractivity contribution in [2.45, 2.75) is 75.8 Å². The van der Waals surface area contributed by atoms with E-state index in [4.69, 9.17) is 40.9 Å². The normalized spacial score (nSPS) is 14.7. The van der Waals surface area contributed by atoms with Crippen molar-refractivity contribution < 1.29 is 60.0 Å². The molecule has 0 rings (SSSR count). The molecule has 0 unspecified atom stereocenters. The quantitative estimate of drug-likeness (QED) is 0.158. The van der Waals surface area contributed by atoms with E-state index in [1.807, 2.05) is 0 Å². The summed E-state index contributed by atoms with van der Waals surface area (Å²) in [5.41, 5.74) is 0. The van der Waals surface area contributed by atoms with Gasteiger partial charge in [-0.1, -0.05) is 25.7 Å². The highest BCUT2D eigenvalue weighted by molar-refractivity contribution is 5.75. The molecule has 4 atom stereocenters. The summed E-state index contributed by atoms with van der Waals surface area (Å²) < 4.78 is 0. The maximum atomic E-state index is 10.1. The van der Waals surface area contributed by atoms with E-state index in [1.54, 1.807) is 0 Å². The monoisotopic (exact) mass is 412 g/mol. The average molecular weight is 412 g/mol. The maximum Gasteiger partial charge on any atom is 0.335 e. The summed E-state index contributed by atoms with van der Waals surface area (Å²) in [5.74, 6) is -5.16. The Labute approximate surface area is 160 Å². The van der Waals surface area contributed by atoms with Gasteiger partial charge in [-0.05, 0) is 12.8 Å². The minimum Gasteiger partial charge on any atom is -0.481 e. The molecular weight excluding hydrogens is 384 g/mol. The Balaban J connectivity index is 0. The molecule has 0 amide bonds. The van der Waals surface area contributed by atoms with Crippen LogP contribution in [-0.4, -0.2) is 89.1 Å². The third kappa shape index (κ3) is 14.8. The van der Waals surface area contributed by atoms with E-state index in [-0.39, 0.29) is 12.8 Å². The first-order valence-electron chi connectivity index (χ1n) is 8.53. The van der Waals surface area contributed by atoms with Crippen molar-refractivity contribution in [2.75, 3.05) is 0 Å². The van der Waals surface area contributed by atoms with Gasteiger partial charge < -0.3 is 40.9 Å². The number of carbonyl (C=O) groups is 4. The zero-order chi connectivity index (χ0) is 22.3. The van der Waals surface area contributed by atoms with Crippen LogP contribution in [0.1, 0.15) is 51.4 Å².